The number of hydrogen-bond acceptors (Lipinski definition) is 10. The van der Waals surface area contributed by atoms with Crippen molar-refractivity contribution < 1.29 is 28.6 Å². The first-order chi connectivity index (χ1) is 18.6. The van der Waals surface area contributed by atoms with E-state index in [0.717, 1.165) is 18.4 Å². The number of ether oxygens (including phenoxy) is 3. The summed E-state index contributed by atoms with van der Waals surface area (Å²) in [5.74, 6) is -0.805. The number of rotatable bonds is 11. The number of benzene rings is 1. The van der Waals surface area contributed by atoms with E-state index in [4.69, 9.17) is 14.2 Å². The molecule has 1 aromatic rings. The molecule has 1 aliphatic rings. The molecule has 1 N–H and O–H groups in total. The zero-order chi connectivity index (χ0) is 28.5. The fraction of sp³-hybridized carbons (Fsp3) is 0.690. The molecule has 0 aromatic heterocycles. The van der Waals surface area contributed by atoms with Crippen LogP contribution in [-0.2, 0) is 35.2 Å². The van der Waals surface area contributed by atoms with Crippen molar-refractivity contribution in [1.29, 1.82) is 0 Å². The summed E-state index contributed by atoms with van der Waals surface area (Å²) in [5, 5.41) is 3.41. The average Bonchev–Trinajstić information content (AvgIpc) is 2.87. The zero-order valence-electron chi connectivity index (χ0n) is 24.3. The van der Waals surface area contributed by atoms with Gasteiger partial charge in [-0.05, 0) is 32.8 Å². The molecule has 0 spiro atoms. The second-order valence-corrected chi connectivity index (χ2v) is 10.9. The SMILES string of the molecule is CCCCOC(=O)CN1CCNCCN(CC(=O)OC(C)(C)C)CCN(CC(=O)OCc2ccccc2)CC1. The maximum Gasteiger partial charge on any atom is 0.320 e. The number of unbranched alkanes of at least 4 members (excludes halogenated alkanes) is 1. The van der Waals surface area contributed by atoms with Gasteiger partial charge in [0.05, 0.1) is 26.2 Å². The smallest absolute Gasteiger partial charge is 0.320 e. The van der Waals surface area contributed by atoms with Crippen LogP contribution in [-0.4, -0.2) is 117 Å². The highest BCUT2D eigenvalue weighted by Crippen LogP contribution is 2.08. The van der Waals surface area contributed by atoms with Gasteiger partial charge in [0.25, 0.3) is 0 Å². The molecule has 0 radical (unpaired) electrons. The second-order valence-electron chi connectivity index (χ2n) is 10.9. The van der Waals surface area contributed by atoms with Crippen LogP contribution in [0, 0.1) is 0 Å². The topological polar surface area (TPSA) is 101 Å². The van der Waals surface area contributed by atoms with Crippen LogP contribution in [0.15, 0.2) is 30.3 Å². The van der Waals surface area contributed by atoms with Crippen LogP contribution in [0.25, 0.3) is 0 Å². The Kier molecular flexibility index (Phi) is 15.0. The molecule has 10 nitrogen and oxygen atoms in total. The van der Waals surface area contributed by atoms with Crippen molar-refractivity contribution >= 4 is 17.9 Å². The minimum absolute atomic E-state index is 0.125. The van der Waals surface area contributed by atoms with Gasteiger partial charge in [-0.3, -0.25) is 29.1 Å². The minimum Gasteiger partial charge on any atom is -0.465 e. The van der Waals surface area contributed by atoms with Crippen LogP contribution >= 0.6 is 0 Å². The molecule has 0 bridgehead atoms. The van der Waals surface area contributed by atoms with Gasteiger partial charge in [0.15, 0.2) is 0 Å². The fourth-order valence-electron chi connectivity index (χ4n) is 4.06. The molecule has 0 atom stereocenters. The maximum absolute atomic E-state index is 12.7. The van der Waals surface area contributed by atoms with E-state index < -0.39 is 5.60 Å². The standard InChI is InChI=1S/C29H48N4O6/c1-5-6-20-37-26(34)21-31-14-12-30-13-15-32(23-28(36)39-29(2,3)4)17-19-33(18-16-31)22-27(35)38-24-25-10-8-7-9-11-25/h7-11,30H,5-6,12-24H2,1-4H3. The summed E-state index contributed by atoms with van der Waals surface area (Å²) in [7, 11) is 0. The predicted molar refractivity (Wildman–Crippen MR) is 150 cm³/mol. The van der Waals surface area contributed by atoms with E-state index in [9.17, 15) is 14.4 Å². The Labute approximate surface area is 233 Å². The molecule has 0 aliphatic carbocycles. The predicted octanol–water partition coefficient (Wildman–Crippen LogP) is 1.92. The van der Waals surface area contributed by atoms with Crippen LogP contribution in [0.1, 0.15) is 46.1 Å². The van der Waals surface area contributed by atoms with Gasteiger partial charge in [-0.1, -0.05) is 43.7 Å². The summed E-state index contributed by atoms with van der Waals surface area (Å²) in [6.07, 6.45) is 1.83. The Morgan fingerprint density at radius 3 is 1.82 bits per heavy atom. The van der Waals surface area contributed by atoms with Crippen LogP contribution in [0.3, 0.4) is 0 Å². The third-order valence-electron chi connectivity index (χ3n) is 6.16. The maximum atomic E-state index is 12.7. The van der Waals surface area contributed by atoms with Gasteiger partial charge >= 0.3 is 17.9 Å². The Bertz CT molecular complexity index is 861. The van der Waals surface area contributed by atoms with E-state index in [2.05, 4.69) is 17.1 Å². The molecule has 1 aromatic carbocycles. The largest absolute Gasteiger partial charge is 0.465 e. The van der Waals surface area contributed by atoms with Gasteiger partial charge in [0, 0.05) is 52.4 Å². The summed E-state index contributed by atoms with van der Waals surface area (Å²) >= 11 is 0. The average molecular weight is 549 g/mol. The highest BCUT2D eigenvalue weighted by Gasteiger charge is 2.22. The third-order valence-corrected chi connectivity index (χ3v) is 6.16. The van der Waals surface area contributed by atoms with Gasteiger partial charge in [-0.15, -0.1) is 0 Å². The summed E-state index contributed by atoms with van der Waals surface area (Å²) < 4.78 is 16.4. The Balaban J connectivity index is 2.01. The van der Waals surface area contributed by atoms with Crippen molar-refractivity contribution in [2.24, 2.45) is 0 Å². The van der Waals surface area contributed by atoms with Gasteiger partial charge in [0.2, 0.25) is 0 Å². The molecular formula is C29H48N4O6. The molecule has 10 heteroatoms. The van der Waals surface area contributed by atoms with E-state index in [-0.39, 0.29) is 44.1 Å². The van der Waals surface area contributed by atoms with Crippen LogP contribution in [0.4, 0.5) is 0 Å². The summed E-state index contributed by atoms with van der Waals surface area (Å²) in [4.78, 5) is 43.7. The molecule has 0 unspecified atom stereocenters. The molecule has 0 amide bonds. The van der Waals surface area contributed by atoms with Crippen molar-refractivity contribution in [3.63, 3.8) is 0 Å². The molecule has 1 saturated heterocycles. The number of esters is 3. The quantitative estimate of drug-likeness (QED) is 0.251. The summed E-state index contributed by atoms with van der Waals surface area (Å²) in [6, 6.07) is 9.59. The third kappa shape index (κ3) is 15.6. The lowest BCUT2D eigenvalue weighted by atomic mass is 10.2. The van der Waals surface area contributed by atoms with Gasteiger partial charge in [-0.2, -0.15) is 0 Å². The number of carbonyl (C=O) groups is 3. The molecule has 1 aliphatic heterocycles. The second kappa shape index (κ2) is 17.9. The fourth-order valence-corrected chi connectivity index (χ4v) is 4.06. The molecule has 0 saturated carbocycles. The van der Waals surface area contributed by atoms with Crippen molar-refractivity contribution in [3.05, 3.63) is 35.9 Å². The molecular weight excluding hydrogens is 500 g/mol. The van der Waals surface area contributed by atoms with E-state index in [1.54, 1.807) is 0 Å². The van der Waals surface area contributed by atoms with E-state index >= 15 is 0 Å². The van der Waals surface area contributed by atoms with Gasteiger partial charge in [0.1, 0.15) is 12.2 Å². The number of hydrogen-bond donors (Lipinski definition) is 1. The first-order valence-electron chi connectivity index (χ1n) is 14.1. The normalized spacial score (nSPS) is 17.0. The minimum atomic E-state index is -0.544. The van der Waals surface area contributed by atoms with E-state index in [0.29, 0.717) is 59.0 Å². The van der Waals surface area contributed by atoms with Crippen molar-refractivity contribution in [1.82, 2.24) is 20.0 Å². The molecule has 220 valence electrons. The monoisotopic (exact) mass is 548 g/mol. The number of carbonyl (C=O) groups excluding carboxylic acids is 3. The van der Waals surface area contributed by atoms with E-state index in [1.165, 1.54) is 0 Å². The Hall–Kier alpha value is -2.53. The number of nitrogens with one attached hydrogen (secondary N) is 1. The van der Waals surface area contributed by atoms with Gasteiger partial charge in [-0.25, -0.2) is 0 Å². The van der Waals surface area contributed by atoms with E-state index in [1.807, 2.05) is 60.9 Å². The molecule has 39 heavy (non-hydrogen) atoms. The first-order valence-corrected chi connectivity index (χ1v) is 14.1. The summed E-state index contributed by atoms with van der Waals surface area (Å²) in [5.41, 5.74) is 0.390. The lowest BCUT2D eigenvalue weighted by Crippen LogP contribution is -2.48. The van der Waals surface area contributed by atoms with Crippen molar-refractivity contribution in [2.45, 2.75) is 52.7 Å². The molecule has 1 heterocycles. The highest BCUT2D eigenvalue weighted by molar-refractivity contribution is 5.72. The highest BCUT2D eigenvalue weighted by atomic mass is 16.6. The van der Waals surface area contributed by atoms with Crippen molar-refractivity contribution in [3.8, 4) is 0 Å². The molecule has 2 rings (SSSR count). The first kappa shape index (κ1) is 32.7. The van der Waals surface area contributed by atoms with Crippen molar-refractivity contribution in [2.75, 3.05) is 78.6 Å². The summed E-state index contributed by atoms with van der Waals surface area (Å²) in [6.45, 7) is 13.9. The van der Waals surface area contributed by atoms with Crippen LogP contribution in [0.2, 0.25) is 0 Å². The number of nitrogens with zero attached hydrogens (tertiary/aromatic N) is 3. The zero-order valence-corrected chi connectivity index (χ0v) is 24.3. The Morgan fingerprint density at radius 2 is 1.28 bits per heavy atom. The van der Waals surface area contributed by atoms with Crippen LogP contribution in [0.5, 0.6) is 0 Å². The molecule has 1 fully saturated rings. The lowest BCUT2D eigenvalue weighted by molar-refractivity contribution is -0.156. The lowest BCUT2D eigenvalue weighted by Gasteiger charge is -2.31. The van der Waals surface area contributed by atoms with Crippen LogP contribution < -0.4 is 5.32 Å². The van der Waals surface area contributed by atoms with Gasteiger partial charge < -0.3 is 19.5 Å². The Morgan fingerprint density at radius 1 is 0.769 bits per heavy atom.